The molecule has 1 aromatic heterocycles. The highest BCUT2D eigenvalue weighted by Crippen LogP contribution is 2.57. The van der Waals surface area contributed by atoms with Gasteiger partial charge in [-0.25, -0.2) is 0 Å². The van der Waals surface area contributed by atoms with E-state index in [9.17, 15) is 39.5 Å². The van der Waals surface area contributed by atoms with Gasteiger partial charge in [-0.15, -0.1) is 11.3 Å². The van der Waals surface area contributed by atoms with E-state index in [-0.39, 0.29) is 21.4 Å². The molecule has 0 amide bonds. The molecule has 0 saturated heterocycles. The molecular formula is C12H5F9S. The largest absolute Gasteiger partial charge is 0.460 e. The molecule has 1 aromatic carbocycles. The normalized spacial score (nSPS) is 14.6. The Bertz CT molecular complexity index is 650. The van der Waals surface area contributed by atoms with Gasteiger partial charge < -0.3 is 0 Å². The van der Waals surface area contributed by atoms with Crippen molar-refractivity contribution in [3.05, 3.63) is 35.2 Å². The molecule has 0 aliphatic rings. The Morgan fingerprint density at radius 2 is 1.27 bits per heavy atom. The highest BCUT2D eigenvalue weighted by atomic mass is 32.1. The fraction of sp³-hybridized carbons (Fsp3) is 0.333. The van der Waals surface area contributed by atoms with Crippen LogP contribution in [0.15, 0.2) is 30.3 Å². The monoisotopic (exact) mass is 352 g/mol. The van der Waals surface area contributed by atoms with Gasteiger partial charge in [0, 0.05) is 4.70 Å². The Morgan fingerprint density at radius 1 is 0.727 bits per heavy atom. The van der Waals surface area contributed by atoms with E-state index < -0.39 is 28.8 Å². The summed E-state index contributed by atoms with van der Waals surface area (Å²) in [6.07, 6.45) is -6.81. The summed E-state index contributed by atoms with van der Waals surface area (Å²) in [6, 6.07) is 5.72. The molecule has 0 nitrogen and oxygen atoms in total. The second kappa shape index (κ2) is 4.77. The molecule has 0 unspecified atom stereocenters. The maximum Gasteiger partial charge on any atom is 0.460 e. The van der Waals surface area contributed by atoms with Crippen LogP contribution in [0, 0.1) is 0 Å². The first-order valence-electron chi connectivity index (χ1n) is 5.51. The lowest BCUT2D eigenvalue weighted by Crippen LogP contribution is -2.59. The maximum atomic E-state index is 13.7. The summed E-state index contributed by atoms with van der Waals surface area (Å²) in [7, 11) is 0. The Labute approximate surface area is 121 Å². The van der Waals surface area contributed by atoms with E-state index in [0.717, 1.165) is 0 Å². The number of fused-ring (bicyclic) bond motifs is 1. The molecule has 0 aliphatic heterocycles. The van der Waals surface area contributed by atoms with Crippen LogP contribution in [0.1, 0.15) is 4.88 Å². The lowest BCUT2D eigenvalue weighted by Gasteiger charge is -2.33. The van der Waals surface area contributed by atoms with Gasteiger partial charge in [0.05, 0.1) is 4.88 Å². The summed E-state index contributed by atoms with van der Waals surface area (Å²) < 4.78 is 116. The number of hydrogen-bond donors (Lipinski definition) is 0. The minimum absolute atomic E-state index is 0.0271. The van der Waals surface area contributed by atoms with Crippen LogP contribution in [0.2, 0.25) is 0 Å². The summed E-state index contributed by atoms with van der Waals surface area (Å²) in [4.78, 5) is -1.57. The molecule has 0 fully saturated rings. The van der Waals surface area contributed by atoms with Crippen LogP contribution in [0.3, 0.4) is 0 Å². The van der Waals surface area contributed by atoms with Crippen molar-refractivity contribution in [3.63, 3.8) is 0 Å². The topological polar surface area (TPSA) is 0 Å². The van der Waals surface area contributed by atoms with Gasteiger partial charge in [0.2, 0.25) is 0 Å². The molecule has 0 radical (unpaired) electrons. The number of benzene rings is 1. The van der Waals surface area contributed by atoms with E-state index in [2.05, 4.69) is 0 Å². The minimum atomic E-state index is -6.88. The first kappa shape index (κ1) is 16.9. The number of alkyl halides is 9. The summed E-state index contributed by atoms with van der Waals surface area (Å²) in [5.74, 6) is -19.2. The average molecular weight is 352 g/mol. The van der Waals surface area contributed by atoms with Crippen LogP contribution in [0.4, 0.5) is 39.5 Å². The van der Waals surface area contributed by atoms with Crippen LogP contribution in [-0.2, 0) is 5.92 Å². The van der Waals surface area contributed by atoms with Crippen molar-refractivity contribution in [2.45, 2.75) is 23.9 Å². The third-order valence-electron chi connectivity index (χ3n) is 2.88. The molecule has 1 heterocycles. The van der Waals surface area contributed by atoms with Gasteiger partial charge in [0.15, 0.2) is 0 Å². The van der Waals surface area contributed by atoms with Crippen molar-refractivity contribution in [1.82, 2.24) is 0 Å². The number of halogens is 9. The van der Waals surface area contributed by atoms with Gasteiger partial charge in [-0.05, 0) is 17.5 Å². The first-order chi connectivity index (χ1) is 9.82. The average Bonchev–Trinajstić information content (AvgIpc) is 2.81. The van der Waals surface area contributed by atoms with Crippen molar-refractivity contribution in [2.75, 3.05) is 0 Å². The van der Waals surface area contributed by atoms with Gasteiger partial charge in [0.1, 0.15) is 0 Å². The Hall–Kier alpha value is -1.45. The number of thiophene rings is 1. The Kier molecular flexibility index (Phi) is 3.67. The number of hydrogen-bond acceptors (Lipinski definition) is 1. The van der Waals surface area contributed by atoms with E-state index in [1.165, 1.54) is 24.3 Å². The minimum Gasteiger partial charge on any atom is -0.193 e. The number of rotatable bonds is 3. The zero-order valence-electron chi connectivity index (χ0n) is 10.2. The van der Waals surface area contributed by atoms with E-state index in [4.69, 9.17) is 0 Å². The van der Waals surface area contributed by atoms with Gasteiger partial charge in [-0.2, -0.15) is 39.5 Å². The first-order valence-corrected chi connectivity index (χ1v) is 6.33. The molecular weight excluding hydrogens is 347 g/mol. The maximum absolute atomic E-state index is 13.7. The highest BCUT2D eigenvalue weighted by Gasteiger charge is 2.82. The van der Waals surface area contributed by atoms with E-state index in [1.807, 2.05) is 0 Å². The van der Waals surface area contributed by atoms with E-state index in [0.29, 0.717) is 6.07 Å². The molecule has 0 saturated carbocycles. The summed E-state index contributed by atoms with van der Waals surface area (Å²) in [6.45, 7) is 0. The van der Waals surface area contributed by atoms with Crippen molar-refractivity contribution in [2.24, 2.45) is 0 Å². The Balaban J connectivity index is 2.57. The van der Waals surface area contributed by atoms with Crippen molar-refractivity contribution >= 4 is 21.4 Å². The van der Waals surface area contributed by atoms with Crippen LogP contribution in [0.5, 0.6) is 0 Å². The standard InChI is InChI=1S/C12H5F9S/c13-9(14,10(15,16)11(17,18)12(19,20)21)8-5-6-3-1-2-4-7(6)22-8/h1-5H. The molecule has 2 aromatic rings. The van der Waals surface area contributed by atoms with Crippen LogP contribution in [-0.4, -0.2) is 18.0 Å². The molecule has 0 bridgehead atoms. The van der Waals surface area contributed by atoms with Crippen molar-refractivity contribution in [1.29, 1.82) is 0 Å². The molecule has 0 spiro atoms. The quantitative estimate of drug-likeness (QED) is 0.610. The predicted octanol–water partition coefficient (Wildman–Crippen LogP) is 5.83. The van der Waals surface area contributed by atoms with Crippen LogP contribution < -0.4 is 0 Å². The third kappa shape index (κ3) is 2.24. The Morgan fingerprint density at radius 3 is 1.77 bits per heavy atom. The molecule has 22 heavy (non-hydrogen) atoms. The van der Waals surface area contributed by atoms with Gasteiger partial charge in [-0.1, -0.05) is 18.2 Å². The molecule has 10 heteroatoms. The summed E-state index contributed by atoms with van der Waals surface area (Å²) >= 11 is 0.0271. The lowest BCUT2D eigenvalue weighted by atomic mass is 10.0. The summed E-state index contributed by atoms with van der Waals surface area (Å²) in [5.41, 5.74) is 0. The second-order valence-electron chi connectivity index (χ2n) is 4.37. The van der Waals surface area contributed by atoms with Crippen LogP contribution >= 0.6 is 11.3 Å². The fourth-order valence-electron chi connectivity index (χ4n) is 1.67. The predicted molar refractivity (Wildman–Crippen MR) is 61.7 cm³/mol. The van der Waals surface area contributed by atoms with Gasteiger partial charge in [0.25, 0.3) is 0 Å². The van der Waals surface area contributed by atoms with Crippen molar-refractivity contribution in [3.8, 4) is 0 Å². The molecule has 0 aliphatic carbocycles. The van der Waals surface area contributed by atoms with Crippen molar-refractivity contribution < 1.29 is 39.5 Å². The van der Waals surface area contributed by atoms with Crippen LogP contribution in [0.25, 0.3) is 10.1 Å². The van der Waals surface area contributed by atoms with E-state index >= 15 is 0 Å². The van der Waals surface area contributed by atoms with Gasteiger partial charge in [-0.3, -0.25) is 0 Å². The van der Waals surface area contributed by atoms with Gasteiger partial charge >= 0.3 is 23.9 Å². The second-order valence-corrected chi connectivity index (χ2v) is 5.45. The molecule has 122 valence electrons. The highest BCUT2D eigenvalue weighted by molar-refractivity contribution is 7.19. The zero-order valence-corrected chi connectivity index (χ0v) is 11.0. The zero-order chi connectivity index (χ0) is 17.0. The lowest BCUT2D eigenvalue weighted by molar-refractivity contribution is -0.399. The SMILES string of the molecule is FC(F)(F)C(F)(F)C(F)(F)C(F)(F)c1cc2ccccc2s1. The molecule has 0 N–H and O–H groups in total. The molecule has 0 atom stereocenters. The van der Waals surface area contributed by atoms with E-state index in [1.54, 1.807) is 0 Å². The fourth-order valence-corrected chi connectivity index (χ4v) is 2.74. The smallest absolute Gasteiger partial charge is 0.193 e. The summed E-state index contributed by atoms with van der Waals surface area (Å²) in [5, 5.41) is 0.0355. The molecule has 2 rings (SSSR count). The third-order valence-corrected chi connectivity index (χ3v) is 4.07.